The van der Waals surface area contributed by atoms with Crippen molar-refractivity contribution >= 4 is 11.9 Å². The second-order valence-electron chi connectivity index (χ2n) is 5.46. The van der Waals surface area contributed by atoms with Crippen molar-refractivity contribution in [1.82, 2.24) is 5.32 Å². The molecule has 0 fully saturated rings. The topological polar surface area (TPSA) is 75.6 Å². The molecule has 0 amide bonds. The van der Waals surface area contributed by atoms with Crippen LogP contribution in [0.1, 0.15) is 71.6 Å². The monoisotopic (exact) mass is 301 g/mol. The van der Waals surface area contributed by atoms with Gasteiger partial charge in [-0.05, 0) is 13.3 Å². The van der Waals surface area contributed by atoms with Crippen LogP contribution in [0, 0.1) is 0 Å². The highest BCUT2D eigenvalue weighted by Gasteiger charge is 2.10. The molecule has 0 saturated heterocycles. The Hall–Kier alpha value is -1.10. The lowest BCUT2D eigenvalue weighted by Gasteiger charge is -2.09. The predicted octanol–water partition coefficient (Wildman–Crippen LogP) is 3.12. The van der Waals surface area contributed by atoms with Gasteiger partial charge in [-0.2, -0.15) is 0 Å². The van der Waals surface area contributed by atoms with Crippen LogP contribution in [0.2, 0.25) is 0 Å². The molecular weight excluding hydrogens is 270 g/mol. The normalized spacial score (nSPS) is 12.1. The average Bonchev–Trinajstić information content (AvgIpc) is 2.45. The van der Waals surface area contributed by atoms with Crippen LogP contribution in [-0.4, -0.2) is 36.2 Å². The van der Waals surface area contributed by atoms with Gasteiger partial charge in [-0.3, -0.25) is 9.59 Å². The standard InChI is InChI=1S/C16H31NO4/c1-3-4-5-6-7-8-9-10-13-21-15(18)11-12-17-14(2)16(19)20/h14,17H,3-13H2,1-2H3,(H,19,20)/t14-/m1/s1. The molecule has 21 heavy (non-hydrogen) atoms. The summed E-state index contributed by atoms with van der Waals surface area (Å²) in [4.78, 5) is 21.9. The minimum Gasteiger partial charge on any atom is -0.480 e. The van der Waals surface area contributed by atoms with Gasteiger partial charge in [0.05, 0.1) is 13.0 Å². The molecule has 1 atom stereocenters. The Labute approximate surface area is 128 Å². The lowest BCUT2D eigenvalue weighted by Crippen LogP contribution is -2.35. The largest absolute Gasteiger partial charge is 0.480 e. The lowest BCUT2D eigenvalue weighted by atomic mass is 10.1. The summed E-state index contributed by atoms with van der Waals surface area (Å²) in [5.74, 6) is -1.18. The van der Waals surface area contributed by atoms with E-state index in [4.69, 9.17) is 9.84 Å². The van der Waals surface area contributed by atoms with Gasteiger partial charge in [0.2, 0.25) is 0 Å². The number of hydrogen-bond donors (Lipinski definition) is 2. The minimum absolute atomic E-state index is 0.217. The van der Waals surface area contributed by atoms with E-state index < -0.39 is 12.0 Å². The summed E-state index contributed by atoms with van der Waals surface area (Å²) in [7, 11) is 0. The molecule has 2 N–H and O–H groups in total. The number of ether oxygens (including phenoxy) is 1. The molecule has 0 saturated carbocycles. The van der Waals surface area contributed by atoms with Crippen LogP contribution in [-0.2, 0) is 14.3 Å². The van der Waals surface area contributed by atoms with E-state index in [1.165, 1.54) is 38.5 Å². The van der Waals surface area contributed by atoms with Crippen molar-refractivity contribution in [2.75, 3.05) is 13.2 Å². The van der Waals surface area contributed by atoms with Gasteiger partial charge >= 0.3 is 11.9 Å². The van der Waals surface area contributed by atoms with Crippen LogP contribution in [0.3, 0.4) is 0 Å². The second kappa shape index (κ2) is 13.9. The van der Waals surface area contributed by atoms with Gasteiger partial charge in [-0.1, -0.05) is 51.9 Å². The third kappa shape index (κ3) is 13.6. The van der Waals surface area contributed by atoms with Crippen molar-refractivity contribution in [2.45, 2.75) is 77.7 Å². The molecule has 0 aromatic heterocycles. The predicted molar refractivity (Wildman–Crippen MR) is 83.3 cm³/mol. The molecule has 124 valence electrons. The van der Waals surface area contributed by atoms with Gasteiger partial charge in [-0.25, -0.2) is 0 Å². The van der Waals surface area contributed by atoms with Gasteiger partial charge < -0.3 is 15.2 Å². The van der Waals surface area contributed by atoms with Crippen LogP contribution in [0.25, 0.3) is 0 Å². The highest BCUT2D eigenvalue weighted by molar-refractivity contribution is 5.73. The van der Waals surface area contributed by atoms with Crippen molar-refractivity contribution < 1.29 is 19.4 Å². The molecule has 5 nitrogen and oxygen atoms in total. The average molecular weight is 301 g/mol. The molecule has 0 aliphatic carbocycles. The summed E-state index contributed by atoms with van der Waals surface area (Å²) in [6.07, 6.45) is 9.95. The van der Waals surface area contributed by atoms with Crippen molar-refractivity contribution in [1.29, 1.82) is 0 Å². The first-order valence-corrected chi connectivity index (χ1v) is 8.19. The molecular formula is C16H31NO4. The maximum atomic E-state index is 11.4. The summed E-state index contributed by atoms with van der Waals surface area (Å²) in [5, 5.41) is 11.4. The smallest absolute Gasteiger partial charge is 0.320 e. The molecule has 0 rings (SSSR count). The summed E-state index contributed by atoms with van der Waals surface area (Å²) in [6.45, 7) is 4.58. The van der Waals surface area contributed by atoms with E-state index in [0.29, 0.717) is 13.2 Å². The number of carboxylic acids is 1. The number of carboxylic acid groups (broad SMARTS) is 1. The second-order valence-corrected chi connectivity index (χ2v) is 5.46. The highest BCUT2D eigenvalue weighted by Crippen LogP contribution is 2.08. The Balaban J connectivity index is 3.28. The van der Waals surface area contributed by atoms with Crippen molar-refractivity contribution in [3.05, 3.63) is 0 Å². The van der Waals surface area contributed by atoms with Gasteiger partial charge in [0.1, 0.15) is 6.04 Å². The fourth-order valence-electron chi connectivity index (χ4n) is 1.97. The molecule has 0 radical (unpaired) electrons. The molecule has 0 aliphatic rings. The maximum absolute atomic E-state index is 11.4. The number of hydrogen-bond acceptors (Lipinski definition) is 4. The number of aliphatic carboxylic acids is 1. The zero-order valence-electron chi connectivity index (χ0n) is 13.5. The van der Waals surface area contributed by atoms with Crippen LogP contribution < -0.4 is 5.32 Å². The van der Waals surface area contributed by atoms with Gasteiger partial charge in [0, 0.05) is 6.54 Å². The maximum Gasteiger partial charge on any atom is 0.320 e. The SMILES string of the molecule is CCCCCCCCCCOC(=O)CCN[C@H](C)C(=O)O. The first kappa shape index (κ1) is 19.9. The van der Waals surface area contributed by atoms with E-state index in [1.807, 2.05) is 0 Å². The quantitative estimate of drug-likeness (QED) is 0.381. The first-order chi connectivity index (χ1) is 10.1. The molecule has 5 heteroatoms. The molecule has 0 aromatic carbocycles. The molecule has 0 heterocycles. The van der Waals surface area contributed by atoms with E-state index in [2.05, 4.69) is 12.2 Å². The zero-order chi connectivity index (χ0) is 15.9. The van der Waals surface area contributed by atoms with E-state index >= 15 is 0 Å². The fraction of sp³-hybridized carbons (Fsp3) is 0.875. The molecule has 0 unspecified atom stereocenters. The van der Waals surface area contributed by atoms with Crippen LogP contribution in [0.4, 0.5) is 0 Å². The summed E-state index contributed by atoms with van der Waals surface area (Å²) in [6, 6.07) is -0.634. The Morgan fingerprint density at radius 3 is 2.19 bits per heavy atom. The van der Waals surface area contributed by atoms with E-state index in [9.17, 15) is 9.59 Å². The summed E-state index contributed by atoms with van der Waals surface area (Å²) < 4.78 is 5.10. The molecule has 0 aliphatic heterocycles. The molecule has 0 spiro atoms. The Bertz CT molecular complexity index is 281. The Kier molecular flexibility index (Phi) is 13.1. The summed E-state index contributed by atoms with van der Waals surface area (Å²) in [5.41, 5.74) is 0. The Morgan fingerprint density at radius 1 is 1.05 bits per heavy atom. The highest BCUT2D eigenvalue weighted by atomic mass is 16.5. The fourth-order valence-corrected chi connectivity index (χ4v) is 1.97. The van der Waals surface area contributed by atoms with Crippen LogP contribution >= 0.6 is 0 Å². The zero-order valence-corrected chi connectivity index (χ0v) is 13.5. The number of unbranched alkanes of at least 4 members (excludes halogenated alkanes) is 7. The lowest BCUT2D eigenvalue weighted by molar-refractivity contribution is -0.144. The van der Waals surface area contributed by atoms with E-state index in [0.717, 1.165) is 12.8 Å². The van der Waals surface area contributed by atoms with E-state index in [-0.39, 0.29) is 12.4 Å². The Morgan fingerprint density at radius 2 is 1.62 bits per heavy atom. The number of carbonyl (C=O) groups is 2. The van der Waals surface area contributed by atoms with Crippen molar-refractivity contribution in [3.8, 4) is 0 Å². The van der Waals surface area contributed by atoms with Gasteiger partial charge in [0.15, 0.2) is 0 Å². The molecule has 0 aromatic rings. The third-order valence-corrected chi connectivity index (χ3v) is 3.41. The number of rotatable bonds is 14. The number of esters is 1. The first-order valence-electron chi connectivity index (χ1n) is 8.19. The van der Waals surface area contributed by atoms with Crippen LogP contribution in [0.5, 0.6) is 0 Å². The number of carbonyl (C=O) groups excluding carboxylic acids is 1. The van der Waals surface area contributed by atoms with Gasteiger partial charge in [0.25, 0.3) is 0 Å². The van der Waals surface area contributed by atoms with Crippen molar-refractivity contribution in [3.63, 3.8) is 0 Å². The minimum atomic E-state index is -0.915. The number of nitrogens with one attached hydrogen (secondary N) is 1. The molecule has 0 bridgehead atoms. The third-order valence-electron chi connectivity index (χ3n) is 3.41. The van der Waals surface area contributed by atoms with Crippen LogP contribution in [0.15, 0.2) is 0 Å². The van der Waals surface area contributed by atoms with E-state index in [1.54, 1.807) is 6.92 Å². The summed E-state index contributed by atoms with van der Waals surface area (Å²) >= 11 is 0. The van der Waals surface area contributed by atoms with Crippen molar-refractivity contribution in [2.24, 2.45) is 0 Å². The van der Waals surface area contributed by atoms with Gasteiger partial charge in [-0.15, -0.1) is 0 Å².